The van der Waals surface area contributed by atoms with E-state index in [0.29, 0.717) is 43.1 Å². The highest BCUT2D eigenvalue weighted by Gasteiger charge is 2.23. The number of rotatable bonds is 3. The lowest BCUT2D eigenvalue weighted by molar-refractivity contribution is 0.0695. The summed E-state index contributed by atoms with van der Waals surface area (Å²) in [5.41, 5.74) is 0.134. The van der Waals surface area contributed by atoms with E-state index >= 15 is 4.39 Å². The number of hydrogen-bond donors (Lipinski definition) is 1. The molecule has 1 fully saturated rings. The normalized spacial score (nSPS) is 14.2. The Morgan fingerprint density at radius 2 is 1.71 bits per heavy atom. The molecule has 2 aromatic heterocycles. The molecule has 0 radical (unpaired) electrons. The van der Waals surface area contributed by atoms with Gasteiger partial charge in [0, 0.05) is 56.6 Å². The summed E-state index contributed by atoms with van der Waals surface area (Å²) in [4.78, 5) is 32.3. The minimum atomic E-state index is -1.36. The predicted octanol–water partition coefficient (Wildman–Crippen LogP) is 3.53. The maximum absolute atomic E-state index is 15.6. The van der Waals surface area contributed by atoms with E-state index in [4.69, 9.17) is 0 Å². The van der Waals surface area contributed by atoms with E-state index in [0.717, 1.165) is 12.1 Å². The van der Waals surface area contributed by atoms with Gasteiger partial charge in [0.15, 0.2) is 17.5 Å². The first-order chi connectivity index (χ1) is 16.3. The van der Waals surface area contributed by atoms with Crippen LogP contribution < -0.4 is 15.2 Å². The smallest absolute Gasteiger partial charge is 0.341 e. The zero-order chi connectivity index (χ0) is 24.1. The summed E-state index contributed by atoms with van der Waals surface area (Å²) in [6.07, 6.45) is 2.58. The Balaban J connectivity index is 1.51. The van der Waals surface area contributed by atoms with E-state index < -0.39 is 34.4 Å². The van der Waals surface area contributed by atoms with E-state index in [9.17, 15) is 23.5 Å². The molecule has 5 rings (SSSR count). The monoisotopic (exact) mass is 468 g/mol. The van der Waals surface area contributed by atoms with Gasteiger partial charge in [-0.1, -0.05) is 0 Å². The number of carboxylic acids is 1. The molecule has 0 atom stereocenters. The first kappa shape index (κ1) is 21.7. The number of aryl methyl sites for hydroxylation is 1. The van der Waals surface area contributed by atoms with Crippen LogP contribution in [0.1, 0.15) is 10.4 Å². The lowest BCUT2D eigenvalue weighted by atomic mass is 10.1. The van der Waals surface area contributed by atoms with Gasteiger partial charge in [-0.15, -0.1) is 0 Å². The van der Waals surface area contributed by atoms with Crippen molar-refractivity contribution in [2.24, 2.45) is 7.05 Å². The minimum absolute atomic E-state index is 0.0207. The molecule has 7 nitrogen and oxygen atoms in total. The fourth-order valence-corrected chi connectivity index (χ4v) is 4.46. The number of halogens is 3. The maximum atomic E-state index is 15.6. The van der Waals surface area contributed by atoms with Crippen LogP contribution >= 0.6 is 0 Å². The van der Waals surface area contributed by atoms with Gasteiger partial charge in [0.05, 0.1) is 22.8 Å². The summed E-state index contributed by atoms with van der Waals surface area (Å²) >= 11 is 0. The lowest BCUT2D eigenvalue weighted by Crippen LogP contribution is -2.46. The zero-order valence-corrected chi connectivity index (χ0v) is 18.1. The van der Waals surface area contributed by atoms with Crippen molar-refractivity contribution in [1.82, 2.24) is 9.55 Å². The zero-order valence-electron chi connectivity index (χ0n) is 18.1. The molecule has 0 aliphatic carbocycles. The topological polar surface area (TPSA) is 78.7 Å². The summed E-state index contributed by atoms with van der Waals surface area (Å²) in [6.45, 7) is 1.80. The highest BCUT2D eigenvalue weighted by atomic mass is 19.2. The molecule has 0 unspecified atom stereocenters. The number of fused-ring (bicyclic) bond motifs is 3. The van der Waals surface area contributed by atoms with Crippen molar-refractivity contribution in [2.75, 3.05) is 36.0 Å². The Labute approximate surface area is 191 Å². The number of carboxylic acid groups (broad SMARTS) is 1. The van der Waals surface area contributed by atoms with Gasteiger partial charge in [0.25, 0.3) is 0 Å². The molecule has 1 saturated heterocycles. The van der Waals surface area contributed by atoms with Crippen molar-refractivity contribution in [3.63, 3.8) is 0 Å². The highest BCUT2D eigenvalue weighted by molar-refractivity contribution is 6.07. The fraction of sp³-hybridized carbons (Fsp3) is 0.208. The van der Waals surface area contributed by atoms with Crippen LogP contribution in [-0.2, 0) is 7.05 Å². The third kappa shape index (κ3) is 3.42. The number of nitrogens with zero attached hydrogens (tertiary/aromatic N) is 4. The van der Waals surface area contributed by atoms with Crippen molar-refractivity contribution >= 4 is 39.1 Å². The molecule has 1 aliphatic heterocycles. The van der Waals surface area contributed by atoms with Crippen LogP contribution in [-0.4, -0.2) is 46.8 Å². The molecule has 0 saturated carbocycles. The second-order valence-electron chi connectivity index (χ2n) is 8.17. The van der Waals surface area contributed by atoms with Crippen LogP contribution in [0.4, 0.5) is 24.5 Å². The quantitative estimate of drug-likeness (QED) is 0.464. The molecule has 0 bridgehead atoms. The number of anilines is 2. The average molecular weight is 468 g/mol. The Morgan fingerprint density at radius 1 is 1.00 bits per heavy atom. The first-order valence-electron chi connectivity index (χ1n) is 10.5. The van der Waals surface area contributed by atoms with Gasteiger partial charge in [-0.3, -0.25) is 9.78 Å². The number of aromatic carboxylic acids is 1. The molecule has 174 valence electrons. The standard InChI is InChI=1S/C24H19F3N4O3/c1-29-12-15(24(33)34)23(32)20-14-3-5-18(21(27)22(14)28-11-19(20)29)31-8-6-30(7-9-31)13-2-4-16(25)17(26)10-13/h2-5,10-12H,6-9H2,1H3,(H,33,34). The van der Waals surface area contributed by atoms with Gasteiger partial charge in [-0.05, 0) is 24.3 Å². The van der Waals surface area contributed by atoms with Gasteiger partial charge in [0.2, 0.25) is 5.43 Å². The molecule has 1 N–H and O–H groups in total. The van der Waals surface area contributed by atoms with Crippen LogP contribution in [0.15, 0.2) is 47.5 Å². The number of pyridine rings is 2. The summed E-state index contributed by atoms with van der Waals surface area (Å²) in [6, 6.07) is 6.86. The highest BCUT2D eigenvalue weighted by Crippen LogP contribution is 2.31. The van der Waals surface area contributed by atoms with Crippen LogP contribution in [0.25, 0.3) is 21.8 Å². The minimum Gasteiger partial charge on any atom is -0.477 e. The molecule has 34 heavy (non-hydrogen) atoms. The van der Waals surface area contributed by atoms with Crippen LogP contribution in [0.5, 0.6) is 0 Å². The van der Waals surface area contributed by atoms with Crippen molar-refractivity contribution in [3.8, 4) is 0 Å². The van der Waals surface area contributed by atoms with Crippen LogP contribution in [0, 0.1) is 17.5 Å². The molecule has 0 spiro atoms. The first-order valence-corrected chi connectivity index (χ1v) is 10.5. The van der Waals surface area contributed by atoms with Crippen LogP contribution in [0.3, 0.4) is 0 Å². The average Bonchev–Trinajstić information content (AvgIpc) is 2.83. The summed E-state index contributed by atoms with van der Waals surface area (Å²) in [5.74, 6) is -3.80. The molecule has 1 aliphatic rings. The second-order valence-corrected chi connectivity index (χ2v) is 8.17. The van der Waals surface area contributed by atoms with Crippen molar-refractivity contribution in [1.29, 1.82) is 0 Å². The van der Waals surface area contributed by atoms with Crippen molar-refractivity contribution in [2.45, 2.75) is 0 Å². The molecular formula is C24H19F3N4O3. The summed E-state index contributed by atoms with van der Waals surface area (Å²) in [5, 5.41) is 9.71. The maximum Gasteiger partial charge on any atom is 0.341 e. The Morgan fingerprint density at radius 3 is 2.38 bits per heavy atom. The Hall–Kier alpha value is -4.08. The van der Waals surface area contributed by atoms with Crippen molar-refractivity contribution in [3.05, 3.63) is 76.0 Å². The molecular weight excluding hydrogens is 449 g/mol. The number of hydrogen-bond acceptors (Lipinski definition) is 5. The molecule has 10 heteroatoms. The largest absolute Gasteiger partial charge is 0.477 e. The molecule has 0 amide bonds. The fourth-order valence-electron chi connectivity index (χ4n) is 4.46. The number of aromatic nitrogens is 2. The van der Waals surface area contributed by atoms with E-state index in [-0.39, 0.29) is 16.3 Å². The third-order valence-corrected chi connectivity index (χ3v) is 6.23. The summed E-state index contributed by atoms with van der Waals surface area (Å²) in [7, 11) is 1.60. The second kappa shape index (κ2) is 8.05. The predicted molar refractivity (Wildman–Crippen MR) is 122 cm³/mol. The number of piperazine rings is 1. The van der Waals surface area contributed by atoms with Gasteiger partial charge in [0.1, 0.15) is 11.1 Å². The number of carbonyl (C=O) groups is 1. The van der Waals surface area contributed by atoms with E-state index in [1.165, 1.54) is 23.0 Å². The Bertz CT molecular complexity index is 1530. The van der Waals surface area contributed by atoms with Gasteiger partial charge < -0.3 is 19.5 Å². The Kier molecular flexibility index (Phi) is 5.15. The summed E-state index contributed by atoms with van der Waals surface area (Å²) < 4.78 is 43.9. The molecule has 2 aromatic carbocycles. The lowest BCUT2D eigenvalue weighted by Gasteiger charge is -2.37. The van der Waals surface area contributed by atoms with Crippen LogP contribution in [0.2, 0.25) is 0 Å². The van der Waals surface area contributed by atoms with E-state index in [1.807, 2.05) is 9.80 Å². The van der Waals surface area contributed by atoms with E-state index in [1.54, 1.807) is 19.2 Å². The SMILES string of the molecule is Cn1cc(C(=O)O)c(=O)c2c3ccc(N4CCN(c5ccc(F)c(F)c5)CC4)c(F)c3ncc21. The number of benzene rings is 2. The molecule has 3 heterocycles. The molecule has 4 aromatic rings. The van der Waals surface area contributed by atoms with Gasteiger partial charge >= 0.3 is 5.97 Å². The third-order valence-electron chi connectivity index (χ3n) is 6.23. The van der Waals surface area contributed by atoms with Crippen molar-refractivity contribution < 1.29 is 23.1 Å². The van der Waals surface area contributed by atoms with Gasteiger partial charge in [-0.2, -0.15) is 0 Å². The van der Waals surface area contributed by atoms with E-state index in [2.05, 4.69) is 4.98 Å². The van der Waals surface area contributed by atoms with Gasteiger partial charge in [-0.25, -0.2) is 18.0 Å².